The van der Waals surface area contributed by atoms with Crippen molar-refractivity contribution < 1.29 is 22.4 Å². The molecule has 1 aromatic carbocycles. The first kappa shape index (κ1) is 24.5. The summed E-state index contributed by atoms with van der Waals surface area (Å²) in [6, 6.07) is 13.0. The summed E-state index contributed by atoms with van der Waals surface area (Å²) in [6.07, 6.45) is -1.83. The standard InChI is InChI=1S/C26H27F3N4O2/c1-16(2)18-8-10-19(11-9-18)21-14-23(26(27,28)29)33-24(30-21)15-22(31-33)25(34)32(4)17(3)7-12-20-6-5-13-35-20/h5-6,8-11,13-17H,7,12H2,1-4H3. The Morgan fingerprint density at radius 1 is 1.11 bits per heavy atom. The second-order valence-electron chi connectivity index (χ2n) is 8.98. The molecular formula is C26H27F3N4O2. The highest BCUT2D eigenvalue weighted by molar-refractivity contribution is 5.93. The Labute approximate surface area is 201 Å². The monoisotopic (exact) mass is 484 g/mol. The zero-order valence-electron chi connectivity index (χ0n) is 20.0. The average molecular weight is 485 g/mol. The van der Waals surface area contributed by atoms with Crippen molar-refractivity contribution in [3.8, 4) is 11.3 Å². The quantitative estimate of drug-likeness (QED) is 0.312. The summed E-state index contributed by atoms with van der Waals surface area (Å²) >= 11 is 0. The van der Waals surface area contributed by atoms with Crippen molar-refractivity contribution in [2.24, 2.45) is 0 Å². The fourth-order valence-corrected chi connectivity index (χ4v) is 3.85. The van der Waals surface area contributed by atoms with Crippen molar-refractivity contribution in [1.82, 2.24) is 19.5 Å². The molecule has 4 aromatic rings. The van der Waals surface area contributed by atoms with Crippen LogP contribution in [0.4, 0.5) is 13.2 Å². The number of aryl methyl sites for hydroxylation is 1. The molecule has 1 amide bonds. The Hall–Kier alpha value is -3.62. The highest BCUT2D eigenvalue weighted by Gasteiger charge is 2.36. The molecule has 0 fully saturated rings. The van der Waals surface area contributed by atoms with Gasteiger partial charge in [-0.1, -0.05) is 38.1 Å². The van der Waals surface area contributed by atoms with Gasteiger partial charge in [0.25, 0.3) is 5.91 Å². The molecule has 184 valence electrons. The van der Waals surface area contributed by atoms with E-state index in [0.29, 0.717) is 28.8 Å². The maximum absolute atomic E-state index is 13.9. The smallest absolute Gasteiger partial charge is 0.433 e. The minimum atomic E-state index is -4.68. The van der Waals surface area contributed by atoms with Crippen LogP contribution in [-0.2, 0) is 12.6 Å². The molecule has 0 aliphatic heterocycles. The lowest BCUT2D eigenvalue weighted by Crippen LogP contribution is -2.35. The largest absolute Gasteiger partial charge is 0.469 e. The summed E-state index contributed by atoms with van der Waals surface area (Å²) in [4.78, 5) is 18.9. The van der Waals surface area contributed by atoms with Gasteiger partial charge in [0.2, 0.25) is 0 Å². The highest BCUT2D eigenvalue weighted by Crippen LogP contribution is 2.33. The van der Waals surface area contributed by atoms with Gasteiger partial charge in [0.1, 0.15) is 5.76 Å². The van der Waals surface area contributed by atoms with Gasteiger partial charge in [-0.2, -0.15) is 18.3 Å². The highest BCUT2D eigenvalue weighted by atomic mass is 19.4. The zero-order chi connectivity index (χ0) is 25.3. The van der Waals surface area contributed by atoms with Crippen LogP contribution >= 0.6 is 0 Å². The van der Waals surface area contributed by atoms with Gasteiger partial charge >= 0.3 is 6.18 Å². The van der Waals surface area contributed by atoms with Crippen molar-refractivity contribution in [2.45, 2.75) is 51.7 Å². The van der Waals surface area contributed by atoms with E-state index in [4.69, 9.17) is 4.42 Å². The molecule has 0 spiro atoms. The van der Waals surface area contributed by atoms with Gasteiger partial charge in [0.05, 0.1) is 12.0 Å². The number of hydrogen-bond acceptors (Lipinski definition) is 4. The van der Waals surface area contributed by atoms with Crippen LogP contribution in [0, 0.1) is 0 Å². The van der Waals surface area contributed by atoms with E-state index >= 15 is 0 Å². The predicted octanol–water partition coefficient (Wildman–Crippen LogP) is 6.22. The van der Waals surface area contributed by atoms with E-state index in [0.717, 1.165) is 17.4 Å². The molecule has 0 aliphatic rings. The summed E-state index contributed by atoms with van der Waals surface area (Å²) in [5.74, 6) is 0.629. The van der Waals surface area contributed by atoms with E-state index in [-0.39, 0.29) is 23.1 Å². The first-order chi connectivity index (χ1) is 16.5. The third-order valence-corrected chi connectivity index (χ3v) is 6.18. The minimum Gasteiger partial charge on any atom is -0.469 e. The number of furan rings is 1. The number of carbonyl (C=O) groups excluding carboxylic acids is 1. The maximum atomic E-state index is 13.9. The molecule has 0 bridgehead atoms. The Balaban J connectivity index is 1.65. The minimum absolute atomic E-state index is 0.0391. The first-order valence-corrected chi connectivity index (χ1v) is 11.4. The van der Waals surface area contributed by atoms with E-state index in [1.807, 2.05) is 39.0 Å². The van der Waals surface area contributed by atoms with Crippen LogP contribution in [-0.4, -0.2) is 38.5 Å². The van der Waals surface area contributed by atoms with Gasteiger partial charge in [-0.25, -0.2) is 9.50 Å². The maximum Gasteiger partial charge on any atom is 0.433 e. The van der Waals surface area contributed by atoms with Gasteiger partial charge in [-0.05, 0) is 43.0 Å². The fraction of sp³-hybridized carbons (Fsp3) is 0.346. The molecule has 4 rings (SSSR count). The lowest BCUT2D eigenvalue weighted by atomic mass is 10.0. The molecule has 0 radical (unpaired) electrons. The zero-order valence-corrected chi connectivity index (χ0v) is 20.0. The number of halogens is 3. The van der Waals surface area contributed by atoms with Crippen molar-refractivity contribution in [3.63, 3.8) is 0 Å². The molecule has 3 aromatic heterocycles. The number of benzene rings is 1. The molecule has 3 heterocycles. The summed E-state index contributed by atoms with van der Waals surface area (Å²) in [5, 5.41) is 3.99. The van der Waals surface area contributed by atoms with Crippen LogP contribution in [0.3, 0.4) is 0 Å². The molecular weight excluding hydrogens is 457 g/mol. The molecule has 1 unspecified atom stereocenters. The second kappa shape index (κ2) is 9.56. The van der Waals surface area contributed by atoms with Crippen LogP contribution in [0.2, 0.25) is 0 Å². The SMILES string of the molecule is CC(C)c1ccc(-c2cc(C(F)(F)F)n3nc(C(=O)N(C)C(C)CCc4ccco4)cc3n2)cc1. The molecule has 0 saturated carbocycles. The topological polar surface area (TPSA) is 63.6 Å². The summed E-state index contributed by atoms with van der Waals surface area (Å²) in [5.41, 5.74) is 0.676. The lowest BCUT2D eigenvalue weighted by Gasteiger charge is -2.23. The summed E-state index contributed by atoms with van der Waals surface area (Å²) in [7, 11) is 1.61. The third-order valence-electron chi connectivity index (χ3n) is 6.18. The number of amides is 1. The van der Waals surface area contributed by atoms with Crippen LogP contribution in [0.15, 0.2) is 59.2 Å². The van der Waals surface area contributed by atoms with Crippen LogP contribution in [0.5, 0.6) is 0 Å². The number of alkyl halides is 3. The molecule has 6 nitrogen and oxygen atoms in total. The Morgan fingerprint density at radius 2 is 1.83 bits per heavy atom. The normalized spacial score (nSPS) is 12.9. The van der Waals surface area contributed by atoms with Crippen molar-refractivity contribution in [3.05, 3.63) is 77.5 Å². The third kappa shape index (κ3) is 5.23. The molecule has 35 heavy (non-hydrogen) atoms. The van der Waals surface area contributed by atoms with Gasteiger partial charge in [-0.15, -0.1) is 0 Å². The number of carbonyl (C=O) groups is 1. The number of fused-ring (bicyclic) bond motifs is 1. The van der Waals surface area contributed by atoms with E-state index in [9.17, 15) is 18.0 Å². The Morgan fingerprint density at radius 3 is 2.43 bits per heavy atom. The lowest BCUT2D eigenvalue weighted by molar-refractivity contribution is -0.142. The molecule has 1 atom stereocenters. The second-order valence-corrected chi connectivity index (χ2v) is 8.98. The van der Waals surface area contributed by atoms with E-state index in [1.165, 1.54) is 11.0 Å². The number of nitrogens with zero attached hydrogens (tertiary/aromatic N) is 4. The molecule has 0 aliphatic carbocycles. The number of hydrogen-bond donors (Lipinski definition) is 0. The van der Waals surface area contributed by atoms with Gasteiger partial charge in [0.15, 0.2) is 17.0 Å². The average Bonchev–Trinajstić information content (AvgIpc) is 3.50. The molecule has 0 N–H and O–H groups in total. The summed E-state index contributed by atoms with van der Waals surface area (Å²) in [6.45, 7) is 5.95. The molecule has 9 heteroatoms. The fourth-order valence-electron chi connectivity index (χ4n) is 3.85. The number of rotatable bonds is 7. The van der Waals surface area contributed by atoms with E-state index in [2.05, 4.69) is 10.1 Å². The van der Waals surface area contributed by atoms with Crippen molar-refractivity contribution in [1.29, 1.82) is 0 Å². The van der Waals surface area contributed by atoms with Gasteiger partial charge in [0, 0.05) is 31.1 Å². The van der Waals surface area contributed by atoms with Crippen LogP contribution in [0.25, 0.3) is 16.9 Å². The van der Waals surface area contributed by atoms with Crippen molar-refractivity contribution in [2.75, 3.05) is 7.05 Å². The van der Waals surface area contributed by atoms with E-state index in [1.54, 1.807) is 31.5 Å². The van der Waals surface area contributed by atoms with Crippen LogP contribution < -0.4 is 0 Å². The van der Waals surface area contributed by atoms with E-state index < -0.39 is 17.8 Å². The molecule has 0 saturated heterocycles. The van der Waals surface area contributed by atoms with Crippen LogP contribution in [0.1, 0.15) is 60.6 Å². The van der Waals surface area contributed by atoms with Crippen molar-refractivity contribution >= 4 is 11.6 Å². The van der Waals surface area contributed by atoms with Gasteiger partial charge in [-0.3, -0.25) is 4.79 Å². The van der Waals surface area contributed by atoms with Gasteiger partial charge < -0.3 is 9.32 Å². The predicted molar refractivity (Wildman–Crippen MR) is 126 cm³/mol. The first-order valence-electron chi connectivity index (χ1n) is 11.4. The summed E-state index contributed by atoms with van der Waals surface area (Å²) < 4.78 is 47.8. The Bertz CT molecular complexity index is 1310. The Kier molecular flexibility index (Phi) is 6.69. The number of aromatic nitrogens is 3.